The number of halogens is 3. The van der Waals surface area contributed by atoms with Crippen LogP contribution in [0, 0.1) is 19.7 Å². The molecule has 1 N–H and O–H groups in total. The largest absolute Gasteiger partial charge is 0.486 e. The van der Waals surface area contributed by atoms with Crippen molar-refractivity contribution in [1.82, 2.24) is 0 Å². The molecule has 0 aliphatic heterocycles. The lowest BCUT2D eigenvalue weighted by atomic mass is 10.1. The van der Waals surface area contributed by atoms with E-state index in [1.807, 2.05) is 12.1 Å². The van der Waals surface area contributed by atoms with Gasteiger partial charge in [-0.2, -0.15) is 0 Å². The predicted molar refractivity (Wildman–Crippen MR) is 110 cm³/mol. The van der Waals surface area contributed by atoms with Crippen molar-refractivity contribution in [2.24, 2.45) is 0 Å². The van der Waals surface area contributed by atoms with E-state index in [-0.39, 0.29) is 12.4 Å². The Morgan fingerprint density at radius 2 is 1.67 bits per heavy atom. The maximum absolute atomic E-state index is 13.7. The SMILES string of the molecule is Cc1ccc(C)c(NCc2cc(Cl)c(OCc3ccccc3F)c(Cl)c2)c1. The van der Waals surface area contributed by atoms with E-state index >= 15 is 0 Å². The molecule has 0 radical (unpaired) electrons. The lowest BCUT2D eigenvalue weighted by Crippen LogP contribution is -2.03. The highest BCUT2D eigenvalue weighted by molar-refractivity contribution is 6.37. The van der Waals surface area contributed by atoms with E-state index in [4.69, 9.17) is 27.9 Å². The van der Waals surface area contributed by atoms with Crippen molar-refractivity contribution in [2.45, 2.75) is 27.0 Å². The second kappa shape index (κ2) is 8.64. The maximum Gasteiger partial charge on any atom is 0.156 e. The molecule has 2 nitrogen and oxygen atoms in total. The summed E-state index contributed by atoms with van der Waals surface area (Å²) in [6.45, 7) is 4.75. The number of anilines is 1. The Bertz CT molecular complexity index is 936. The molecule has 0 unspecified atom stereocenters. The van der Waals surface area contributed by atoms with Crippen LogP contribution in [0.25, 0.3) is 0 Å². The molecule has 140 valence electrons. The van der Waals surface area contributed by atoms with Crippen LogP contribution in [0.4, 0.5) is 10.1 Å². The third-order valence-electron chi connectivity index (χ3n) is 4.26. The van der Waals surface area contributed by atoms with Gasteiger partial charge in [-0.3, -0.25) is 0 Å². The molecule has 0 bridgehead atoms. The smallest absolute Gasteiger partial charge is 0.156 e. The van der Waals surface area contributed by atoms with Crippen molar-refractivity contribution in [2.75, 3.05) is 5.32 Å². The van der Waals surface area contributed by atoms with Crippen molar-refractivity contribution in [1.29, 1.82) is 0 Å². The van der Waals surface area contributed by atoms with E-state index in [9.17, 15) is 4.39 Å². The average Bonchev–Trinajstić information content (AvgIpc) is 2.63. The number of nitrogens with one attached hydrogen (secondary N) is 1. The monoisotopic (exact) mass is 403 g/mol. The average molecular weight is 404 g/mol. The van der Waals surface area contributed by atoms with Gasteiger partial charge in [-0.15, -0.1) is 0 Å². The van der Waals surface area contributed by atoms with Crippen molar-refractivity contribution in [3.8, 4) is 5.75 Å². The Morgan fingerprint density at radius 1 is 0.963 bits per heavy atom. The van der Waals surface area contributed by atoms with Crippen molar-refractivity contribution < 1.29 is 9.13 Å². The predicted octanol–water partition coefficient (Wildman–Crippen LogP) is 6.94. The summed E-state index contributed by atoms with van der Waals surface area (Å²) in [6.07, 6.45) is 0. The summed E-state index contributed by atoms with van der Waals surface area (Å²) in [4.78, 5) is 0. The number of ether oxygens (including phenoxy) is 1. The minimum atomic E-state index is -0.320. The van der Waals surface area contributed by atoms with Gasteiger partial charge < -0.3 is 10.1 Å². The summed E-state index contributed by atoms with van der Waals surface area (Å²) in [5, 5.41) is 4.20. The topological polar surface area (TPSA) is 21.3 Å². The van der Waals surface area contributed by atoms with Crippen LogP contribution >= 0.6 is 23.2 Å². The van der Waals surface area contributed by atoms with Gasteiger partial charge in [-0.05, 0) is 54.8 Å². The third kappa shape index (κ3) is 4.94. The first-order valence-corrected chi connectivity index (χ1v) is 9.35. The standard InChI is InChI=1S/C22H20Cl2FNO/c1-14-7-8-15(2)21(9-14)26-12-16-10-18(23)22(19(24)11-16)27-13-17-5-3-4-6-20(17)25/h3-11,26H,12-13H2,1-2H3. The van der Waals surface area contributed by atoms with E-state index in [1.54, 1.807) is 18.2 Å². The van der Waals surface area contributed by atoms with Gasteiger partial charge in [0.2, 0.25) is 0 Å². The Labute approximate surface area is 168 Å². The fraction of sp³-hybridized carbons (Fsp3) is 0.182. The Balaban J connectivity index is 1.71. The minimum absolute atomic E-state index is 0.0617. The normalized spacial score (nSPS) is 10.7. The summed E-state index contributed by atoms with van der Waals surface area (Å²) >= 11 is 12.7. The van der Waals surface area contributed by atoms with Gasteiger partial charge in [0, 0.05) is 17.8 Å². The molecule has 27 heavy (non-hydrogen) atoms. The van der Waals surface area contributed by atoms with E-state index in [0.717, 1.165) is 11.3 Å². The van der Waals surface area contributed by atoms with E-state index in [0.29, 0.717) is 27.9 Å². The zero-order chi connectivity index (χ0) is 19.4. The van der Waals surface area contributed by atoms with Gasteiger partial charge in [0.15, 0.2) is 5.75 Å². The summed E-state index contributed by atoms with van der Waals surface area (Å²) in [5.41, 5.74) is 4.82. The van der Waals surface area contributed by atoms with Crippen LogP contribution in [0.15, 0.2) is 54.6 Å². The third-order valence-corrected chi connectivity index (χ3v) is 4.83. The summed E-state index contributed by atoms with van der Waals surface area (Å²) < 4.78 is 19.4. The molecule has 0 amide bonds. The zero-order valence-corrected chi connectivity index (χ0v) is 16.7. The molecular weight excluding hydrogens is 384 g/mol. The zero-order valence-electron chi connectivity index (χ0n) is 15.2. The highest BCUT2D eigenvalue weighted by Gasteiger charge is 2.12. The second-order valence-electron chi connectivity index (χ2n) is 6.44. The fourth-order valence-electron chi connectivity index (χ4n) is 2.74. The van der Waals surface area contributed by atoms with E-state index < -0.39 is 0 Å². The van der Waals surface area contributed by atoms with Gasteiger partial charge in [0.1, 0.15) is 12.4 Å². The quantitative estimate of drug-likeness (QED) is 0.481. The number of benzene rings is 3. The molecule has 3 aromatic rings. The Hall–Kier alpha value is -2.23. The second-order valence-corrected chi connectivity index (χ2v) is 7.26. The minimum Gasteiger partial charge on any atom is -0.486 e. The molecule has 5 heteroatoms. The number of hydrogen-bond acceptors (Lipinski definition) is 2. The lowest BCUT2D eigenvalue weighted by Gasteiger charge is -2.14. The molecule has 0 saturated heterocycles. The molecule has 0 spiro atoms. The van der Waals surface area contributed by atoms with Gasteiger partial charge in [-0.1, -0.05) is 53.5 Å². The van der Waals surface area contributed by atoms with E-state index in [2.05, 4.69) is 37.4 Å². The van der Waals surface area contributed by atoms with Crippen LogP contribution in [0.3, 0.4) is 0 Å². The van der Waals surface area contributed by atoms with Gasteiger partial charge >= 0.3 is 0 Å². The van der Waals surface area contributed by atoms with Crippen molar-refractivity contribution in [3.63, 3.8) is 0 Å². The molecule has 3 rings (SSSR count). The van der Waals surface area contributed by atoms with E-state index in [1.165, 1.54) is 17.2 Å². The van der Waals surface area contributed by atoms with Crippen LogP contribution in [0.1, 0.15) is 22.3 Å². The summed E-state index contributed by atoms with van der Waals surface area (Å²) in [5.74, 6) is 0.0381. The van der Waals surface area contributed by atoms with Crippen LogP contribution < -0.4 is 10.1 Å². The maximum atomic E-state index is 13.7. The van der Waals surface area contributed by atoms with Crippen LogP contribution in [-0.4, -0.2) is 0 Å². The summed E-state index contributed by atoms with van der Waals surface area (Å²) in [6, 6.07) is 16.3. The molecule has 0 aromatic heterocycles. The first-order valence-electron chi connectivity index (χ1n) is 8.59. The Morgan fingerprint density at radius 3 is 2.37 bits per heavy atom. The molecule has 0 atom stereocenters. The number of rotatable bonds is 6. The molecule has 0 heterocycles. The van der Waals surface area contributed by atoms with Gasteiger partial charge in [0.05, 0.1) is 10.0 Å². The molecular formula is C22H20Cl2FNO. The lowest BCUT2D eigenvalue weighted by molar-refractivity contribution is 0.300. The molecule has 0 fully saturated rings. The Kier molecular flexibility index (Phi) is 6.25. The van der Waals surface area contributed by atoms with Crippen molar-refractivity contribution >= 4 is 28.9 Å². The first-order chi connectivity index (χ1) is 12.9. The van der Waals surface area contributed by atoms with Crippen molar-refractivity contribution in [3.05, 3.63) is 92.7 Å². The van der Waals surface area contributed by atoms with Crippen LogP contribution in [-0.2, 0) is 13.2 Å². The van der Waals surface area contributed by atoms with Crippen LogP contribution in [0.2, 0.25) is 10.0 Å². The number of aryl methyl sites for hydroxylation is 2. The number of hydrogen-bond donors (Lipinski definition) is 1. The van der Waals surface area contributed by atoms with Gasteiger partial charge in [-0.25, -0.2) is 4.39 Å². The molecule has 3 aromatic carbocycles. The van der Waals surface area contributed by atoms with Gasteiger partial charge in [0.25, 0.3) is 0 Å². The molecule has 0 aliphatic carbocycles. The highest BCUT2D eigenvalue weighted by Crippen LogP contribution is 2.35. The highest BCUT2D eigenvalue weighted by atomic mass is 35.5. The first kappa shape index (κ1) is 19.5. The molecule has 0 aliphatic rings. The van der Waals surface area contributed by atoms with Crippen LogP contribution in [0.5, 0.6) is 5.75 Å². The summed E-state index contributed by atoms with van der Waals surface area (Å²) in [7, 11) is 0. The molecule has 0 saturated carbocycles. The fourth-order valence-corrected chi connectivity index (χ4v) is 3.38.